The maximum absolute atomic E-state index is 13.9. The van der Waals surface area contributed by atoms with Crippen molar-refractivity contribution in [3.63, 3.8) is 0 Å². The average Bonchev–Trinajstić information content (AvgIpc) is 3.07. The number of para-hydroxylation sites is 1. The summed E-state index contributed by atoms with van der Waals surface area (Å²) >= 11 is 6.01. The predicted molar refractivity (Wildman–Crippen MR) is 102 cm³/mol. The summed E-state index contributed by atoms with van der Waals surface area (Å²) < 4.78 is 41.7. The maximum atomic E-state index is 13.9. The molecule has 0 radical (unpaired) electrons. The molecule has 27 heavy (non-hydrogen) atoms. The quantitative estimate of drug-likeness (QED) is 0.535. The van der Waals surface area contributed by atoms with Gasteiger partial charge in [-0.3, -0.25) is 4.72 Å². The second-order valence-electron chi connectivity index (χ2n) is 5.68. The fraction of sp³-hybridized carbons (Fsp3) is 0. The molecular weight excluding hydrogens is 391 g/mol. The second-order valence-corrected chi connectivity index (χ2v) is 7.77. The van der Waals surface area contributed by atoms with Crippen LogP contribution in [0.15, 0.2) is 65.7 Å². The summed E-state index contributed by atoms with van der Waals surface area (Å²) in [7, 11) is -3.87. The number of rotatable bonds is 4. The van der Waals surface area contributed by atoms with Crippen molar-refractivity contribution < 1.29 is 12.8 Å². The molecule has 0 saturated carbocycles. The van der Waals surface area contributed by atoms with Gasteiger partial charge < -0.3 is 4.98 Å². The summed E-state index contributed by atoms with van der Waals surface area (Å²) in [5.41, 5.74) is 1.27. The van der Waals surface area contributed by atoms with Crippen LogP contribution in [0.3, 0.4) is 0 Å². The third-order valence-electron chi connectivity index (χ3n) is 3.87. The number of H-pyrrole nitrogens is 1. The van der Waals surface area contributed by atoms with E-state index in [1.807, 2.05) is 0 Å². The first-order valence-corrected chi connectivity index (χ1v) is 9.68. The first-order valence-electron chi connectivity index (χ1n) is 7.82. The molecule has 0 aliphatic rings. The molecule has 0 unspecified atom stereocenters. The molecule has 2 aromatic heterocycles. The van der Waals surface area contributed by atoms with E-state index in [0.717, 1.165) is 0 Å². The predicted octanol–water partition coefficient (Wildman–Crippen LogP) is 4.22. The molecule has 0 amide bonds. The highest BCUT2D eigenvalue weighted by Gasteiger charge is 2.18. The van der Waals surface area contributed by atoms with E-state index in [1.165, 1.54) is 30.5 Å². The van der Waals surface area contributed by atoms with Crippen LogP contribution in [0.1, 0.15) is 0 Å². The Kier molecular flexibility index (Phi) is 4.29. The Morgan fingerprint density at radius 1 is 1.07 bits per heavy atom. The normalized spacial score (nSPS) is 11.6. The van der Waals surface area contributed by atoms with Gasteiger partial charge in [-0.25, -0.2) is 22.8 Å². The number of anilines is 1. The Morgan fingerprint density at radius 2 is 1.89 bits per heavy atom. The molecule has 0 spiro atoms. The Labute approximate surface area is 159 Å². The van der Waals surface area contributed by atoms with Gasteiger partial charge in [0.1, 0.15) is 5.69 Å². The van der Waals surface area contributed by atoms with E-state index in [-0.39, 0.29) is 27.1 Å². The van der Waals surface area contributed by atoms with E-state index < -0.39 is 15.8 Å². The number of hydrogen-bond acceptors (Lipinski definition) is 4. The van der Waals surface area contributed by atoms with Gasteiger partial charge in [-0.05, 0) is 42.5 Å². The molecule has 2 N–H and O–H groups in total. The molecule has 0 aliphatic carbocycles. The van der Waals surface area contributed by atoms with Crippen molar-refractivity contribution >= 4 is 38.3 Å². The van der Waals surface area contributed by atoms with Crippen molar-refractivity contribution in [2.24, 2.45) is 0 Å². The Morgan fingerprint density at radius 3 is 2.67 bits per heavy atom. The van der Waals surface area contributed by atoms with Crippen LogP contribution in [0.5, 0.6) is 0 Å². The lowest BCUT2D eigenvalue weighted by Gasteiger charge is -2.09. The van der Waals surface area contributed by atoms with Crippen LogP contribution in [-0.2, 0) is 10.0 Å². The topological polar surface area (TPSA) is 87.7 Å². The summed E-state index contributed by atoms with van der Waals surface area (Å²) in [6.45, 7) is 0. The van der Waals surface area contributed by atoms with E-state index in [4.69, 9.17) is 11.6 Å². The summed E-state index contributed by atoms with van der Waals surface area (Å²) in [6.07, 6.45) is 1.45. The molecule has 0 atom stereocenters. The van der Waals surface area contributed by atoms with Gasteiger partial charge in [0.25, 0.3) is 10.0 Å². The minimum atomic E-state index is -3.87. The van der Waals surface area contributed by atoms with Gasteiger partial charge in [0.15, 0.2) is 11.6 Å². The number of aromatic amines is 1. The lowest BCUT2D eigenvalue weighted by molar-refractivity contribution is 0.601. The standard InChI is InChI=1S/C18H12ClFN4O2S/c19-12-4-1-2-6-14(12)24-27(25,26)11-7-8-15-16(10-11)23-18(22-15)17-13(20)5-3-9-21-17/h1-10,24H,(H,22,23). The van der Waals surface area contributed by atoms with Gasteiger partial charge in [-0.2, -0.15) is 0 Å². The third-order valence-corrected chi connectivity index (χ3v) is 5.56. The number of pyridine rings is 1. The monoisotopic (exact) mass is 402 g/mol. The number of aromatic nitrogens is 3. The molecule has 2 aromatic carbocycles. The number of nitrogens with one attached hydrogen (secondary N) is 2. The van der Waals surface area contributed by atoms with Gasteiger partial charge in [0.2, 0.25) is 0 Å². The van der Waals surface area contributed by atoms with Gasteiger partial charge >= 0.3 is 0 Å². The van der Waals surface area contributed by atoms with Crippen LogP contribution in [0.2, 0.25) is 5.02 Å². The highest BCUT2D eigenvalue weighted by atomic mass is 35.5. The number of hydrogen-bond donors (Lipinski definition) is 2. The van der Waals surface area contributed by atoms with Crippen molar-refractivity contribution in [3.8, 4) is 11.5 Å². The molecule has 0 bridgehead atoms. The first-order chi connectivity index (χ1) is 12.9. The highest BCUT2D eigenvalue weighted by Crippen LogP contribution is 2.26. The van der Waals surface area contributed by atoms with Gasteiger partial charge in [-0.1, -0.05) is 23.7 Å². The SMILES string of the molecule is O=S(=O)(Nc1ccccc1Cl)c1ccc2[nH]c(-c3ncccc3F)nc2c1. The minimum absolute atomic E-state index is 0.00876. The molecule has 136 valence electrons. The number of imidazole rings is 1. The summed E-state index contributed by atoms with van der Waals surface area (Å²) in [4.78, 5) is 11.2. The lowest BCUT2D eigenvalue weighted by atomic mass is 10.3. The number of nitrogens with zero attached hydrogens (tertiary/aromatic N) is 2. The Hall–Kier alpha value is -2.97. The number of sulfonamides is 1. The number of fused-ring (bicyclic) bond motifs is 1. The highest BCUT2D eigenvalue weighted by molar-refractivity contribution is 7.92. The van der Waals surface area contributed by atoms with Crippen LogP contribution < -0.4 is 4.72 Å². The van der Waals surface area contributed by atoms with Gasteiger partial charge in [0, 0.05) is 6.20 Å². The average molecular weight is 403 g/mol. The molecular formula is C18H12ClFN4O2S. The summed E-state index contributed by atoms with van der Waals surface area (Å²) in [5, 5.41) is 0.287. The molecule has 9 heteroatoms. The molecule has 0 saturated heterocycles. The van der Waals surface area contributed by atoms with E-state index in [2.05, 4.69) is 19.7 Å². The molecule has 2 heterocycles. The number of halogens is 2. The fourth-order valence-electron chi connectivity index (χ4n) is 2.57. The maximum Gasteiger partial charge on any atom is 0.262 e. The van der Waals surface area contributed by atoms with E-state index in [9.17, 15) is 12.8 Å². The molecule has 0 aliphatic heterocycles. The molecule has 6 nitrogen and oxygen atoms in total. The largest absolute Gasteiger partial charge is 0.337 e. The number of benzene rings is 2. The zero-order valence-corrected chi connectivity index (χ0v) is 15.2. The van der Waals surface area contributed by atoms with Crippen molar-refractivity contribution in [3.05, 3.63) is 71.6 Å². The van der Waals surface area contributed by atoms with Crippen molar-refractivity contribution in [1.82, 2.24) is 15.0 Å². The molecule has 4 rings (SSSR count). The second kappa shape index (κ2) is 6.64. The Bertz CT molecular complexity index is 1260. The summed E-state index contributed by atoms with van der Waals surface area (Å²) in [6, 6.07) is 13.7. The van der Waals surface area contributed by atoms with Crippen molar-refractivity contribution in [1.29, 1.82) is 0 Å². The first kappa shape index (κ1) is 17.4. The van der Waals surface area contributed by atoms with Crippen LogP contribution in [0, 0.1) is 5.82 Å². The fourth-order valence-corrected chi connectivity index (χ4v) is 3.91. The summed E-state index contributed by atoms with van der Waals surface area (Å²) in [5.74, 6) is -0.304. The Balaban J connectivity index is 1.73. The van der Waals surface area contributed by atoms with Crippen molar-refractivity contribution in [2.45, 2.75) is 4.90 Å². The minimum Gasteiger partial charge on any atom is -0.337 e. The zero-order valence-electron chi connectivity index (χ0n) is 13.6. The van der Waals surface area contributed by atoms with E-state index in [0.29, 0.717) is 11.0 Å². The van der Waals surface area contributed by atoms with Gasteiger partial charge in [0.05, 0.1) is 26.6 Å². The van der Waals surface area contributed by atoms with Crippen LogP contribution in [0.4, 0.5) is 10.1 Å². The van der Waals surface area contributed by atoms with Crippen LogP contribution >= 0.6 is 11.6 Å². The zero-order chi connectivity index (χ0) is 19.0. The molecule has 4 aromatic rings. The van der Waals surface area contributed by atoms with Crippen LogP contribution in [-0.4, -0.2) is 23.4 Å². The van der Waals surface area contributed by atoms with Crippen LogP contribution in [0.25, 0.3) is 22.6 Å². The third kappa shape index (κ3) is 3.36. The smallest absolute Gasteiger partial charge is 0.262 e. The van der Waals surface area contributed by atoms with E-state index >= 15 is 0 Å². The lowest BCUT2D eigenvalue weighted by Crippen LogP contribution is -2.13. The van der Waals surface area contributed by atoms with Gasteiger partial charge in [-0.15, -0.1) is 0 Å². The molecule has 0 fully saturated rings. The van der Waals surface area contributed by atoms with E-state index in [1.54, 1.807) is 30.3 Å². The van der Waals surface area contributed by atoms with Crippen molar-refractivity contribution in [2.75, 3.05) is 4.72 Å².